The highest BCUT2D eigenvalue weighted by Gasteiger charge is 2.26. The summed E-state index contributed by atoms with van der Waals surface area (Å²) in [6.45, 7) is 3.53. The second-order valence-corrected chi connectivity index (χ2v) is 4.49. The van der Waals surface area contributed by atoms with E-state index in [0.717, 1.165) is 18.5 Å². The average molecular weight is 256 g/mol. The fourth-order valence-electron chi connectivity index (χ4n) is 2.05. The van der Waals surface area contributed by atoms with Crippen molar-refractivity contribution in [1.29, 1.82) is 0 Å². The van der Waals surface area contributed by atoms with Crippen LogP contribution in [0.1, 0.15) is 24.9 Å². The molecule has 1 aliphatic rings. The number of nitrogens with zero attached hydrogens (tertiary/aromatic N) is 2. The van der Waals surface area contributed by atoms with Crippen molar-refractivity contribution in [2.45, 2.75) is 19.4 Å². The van der Waals surface area contributed by atoms with E-state index in [0.29, 0.717) is 12.5 Å². The van der Waals surface area contributed by atoms with Crippen molar-refractivity contribution in [3.05, 3.63) is 34.6 Å². The highest BCUT2D eigenvalue weighted by molar-refractivity contribution is 6.30. The Bertz CT molecular complexity index is 447. The normalized spacial score (nSPS) is 19.6. The molecule has 0 spiro atoms. The topological polar surface area (TPSA) is 41.6 Å². The van der Waals surface area contributed by atoms with Crippen LogP contribution >= 0.6 is 11.6 Å². The molecule has 0 fully saturated rings. The van der Waals surface area contributed by atoms with Gasteiger partial charge in [-0.15, -0.1) is 0 Å². The number of halogens is 2. The summed E-state index contributed by atoms with van der Waals surface area (Å²) in [6, 6.07) is 4.85. The smallest absolute Gasteiger partial charge is 0.191 e. The Balaban J connectivity index is 2.25. The Morgan fingerprint density at radius 2 is 2.35 bits per heavy atom. The van der Waals surface area contributed by atoms with Crippen LogP contribution in [0.15, 0.2) is 23.2 Å². The molecule has 0 radical (unpaired) electrons. The number of hydrogen-bond donors (Lipinski definition) is 1. The van der Waals surface area contributed by atoms with Crippen LogP contribution in [0.5, 0.6) is 0 Å². The van der Waals surface area contributed by atoms with Gasteiger partial charge in [-0.25, -0.2) is 4.39 Å². The van der Waals surface area contributed by atoms with Crippen LogP contribution in [0.3, 0.4) is 0 Å². The highest BCUT2D eigenvalue weighted by atomic mass is 35.5. The molecule has 0 saturated carbocycles. The van der Waals surface area contributed by atoms with Crippen molar-refractivity contribution in [3.8, 4) is 0 Å². The van der Waals surface area contributed by atoms with Gasteiger partial charge in [0, 0.05) is 6.54 Å². The summed E-state index contributed by atoms with van der Waals surface area (Å²) in [5.74, 6) is 0.154. The van der Waals surface area contributed by atoms with E-state index >= 15 is 0 Å². The van der Waals surface area contributed by atoms with Gasteiger partial charge in [0.15, 0.2) is 5.96 Å². The second-order valence-electron chi connectivity index (χ2n) is 4.08. The maximum absolute atomic E-state index is 13.1. The van der Waals surface area contributed by atoms with Gasteiger partial charge in [-0.1, -0.05) is 24.6 Å². The predicted molar refractivity (Wildman–Crippen MR) is 67.6 cm³/mol. The fraction of sp³-hybridized carbons (Fsp3) is 0.417. The molecule has 2 N–H and O–H groups in total. The zero-order valence-corrected chi connectivity index (χ0v) is 10.4. The van der Waals surface area contributed by atoms with E-state index in [2.05, 4.69) is 11.9 Å². The minimum absolute atomic E-state index is 0.0769. The Hall–Kier alpha value is -1.29. The molecule has 5 heteroatoms. The highest BCUT2D eigenvalue weighted by Crippen LogP contribution is 2.28. The van der Waals surface area contributed by atoms with Crippen molar-refractivity contribution in [2.24, 2.45) is 10.7 Å². The zero-order chi connectivity index (χ0) is 12.4. The first-order chi connectivity index (χ1) is 8.13. The number of guanidine groups is 1. The molecule has 17 heavy (non-hydrogen) atoms. The van der Waals surface area contributed by atoms with E-state index in [1.165, 1.54) is 6.07 Å². The molecule has 0 aliphatic carbocycles. The zero-order valence-electron chi connectivity index (χ0n) is 9.66. The van der Waals surface area contributed by atoms with Crippen LogP contribution in [-0.4, -0.2) is 23.9 Å². The first-order valence-electron chi connectivity index (χ1n) is 5.65. The van der Waals surface area contributed by atoms with Crippen LogP contribution in [0.4, 0.5) is 4.39 Å². The van der Waals surface area contributed by atoms with Crippen molar-refractivity contribution < 1.29 is 4.39 Å². The largest absolute Gasteiger partial charge is 0.370 e. The van der Waals surface area contributed by atoms with Gasteiger partial charge in [-0.05, 0) is 24.1 Å². The van der Waals surface area contributed by atoms with Crippen LogP contribution in [0, 0.1) is 5.82 Å². The molecule has 1 aromatic rings. The first-order valence-corrected chi connectivity index (χ1v) is 6.02. The number of hydrogen-bond acceptors (Lipinski definition) is 3. The molecule has 0 aromatic heterocycles. The van der Waals surface area contributed by atoms with E-state index in [1.54, 1.807) is 12.1 Å². The SMILES string of the molecule is CCCN1C(N)=NCC1c1ccc(F)c(Cl)c1. The molecule has 1 heterocycles. The van der Waals surface area contributed by atoms with Gasteiger partial charge in [0.05, 0.1) is 17.6 Å². The number of nitrogens with two attached hydrogens (primary N) is 1. The lowest BCUT2D eigenvalue weighted by Crippen LogP contribution is -2.36. The molecule has 92 valence electrons. The molecule has 0 saturated heterocycles. The van der Waals surface area contributed by atoms with E-state index in [1.807, 2.05) is 4.90 Å². The molecule has 1 aromatic carbocycles. The predicted octanol–water partition coefficient (Wildman–Crippen LogP) is 2.56. The lowest BCUT2D eigenvalue weighted by Gasteiger charge is -2.26. The Labute approximate surface area is 105 Å². The third-order valence-corrected chi connectivity index (χ3v) is 3.18. The van der Waals surface area contributed by atoms with Crippen molar-refractivity contribution in [2.75, 3.05) is 13.1 Å². The monoisotopic (exact) mass is 255 g/mol. The quantitative estimate of drug-likeness (QED) is 0.902. The maximum Gasteiger partial charge on any atom is 0.191 e. The minimum Gasteiger partial charge on any atom is -0.370 e. The van der Waals surface area contributed by atoms with Gasteiger partial charge in [0.25, 0.3) is 0 Å². The molecule has 2 rings (SSSR count). The molecule has 0 bridgehead atoms. The van der Waals surface area contributed by atoms with Gasteiger partial charge in [0.1, 0.15) is 5.82 Å². The summed E-state index contributed by atoms with van der Waals surface area (Å²) >= 11 is 5.79. The Kier molecular flexibility index (Phi) is 3.52. The molecular formula is C12H15ClFN3. The Morgan fingerprint density at radius 1 is 1.59 bits per heavy atom. The van der Waals surface area contributed by atoms with E-state index in [4.69, 9.17) is 17.3 Å². The van der Waals surface area contributed by atoms with Gasteiger partial charge in [-0.2, -0.15) is 0 Å². The van der Waals surface area contributed by atoms with E-state index in [9.17, 15) is 4.39 Å². The van der Waals surface area contributed by atoms with Gasteiger partial charge >= 0.3 is 0 Å². The molecular weight excluding hydrogens is 241 g/mol. The van der Waals surface area contributed by atoms with Crippen molar-refractivity contribution in [3.63, 3.8) is 0 Å². The van der Waals surface area contributed by atoms with Gasteiger partial charge in [0.2, 0.25) is 0 Å². The van der Waals surface area contributed by atoms with Crippen LogP contribution in [0.2, 0.25) is 5.02 Å². The number of aliphatic imine (C=N–C) groups is 1. The summed E-state index contributed by atoms with van der Waals surface area (Å²) in [4.78, 5) is 6.26. The summed E-state index contributed by atoms with van der Waals surface area (Å²) in [5, 5.41) is 0.143. The maximum atomic E-state index is 13.1. The molecule has 3 nitrogen and oxygen atoms in total. The van der Waals surface area contributed by atoms with E-state index in [-0.39, 0.29) is 11.1 Å². The third-order valence-electron chi connectivity index (χ3n) is 2.89. The number of benzene rings is 1. The van der Waals surface area contributed by atoms with Gasteiger partial charge < -0.3 is 10.6 Å². The standard InChI is InChI=1S/C12H15ClFN3/c1-2-5-17-11(7-16-12(17)15)8-3-4-10(14)9(13)6-8/h3-4,6,11H,2,5,7H2,1H3,(H2,15,16). The van der Waals surface area contributed by atoms with Gasteiger partial charge in [-0.3, -0.25) is 4.99 Å². The van der Waals surface area contributed by atoms with Crippen molar-refractivity contribution in [1.82, 2.24) is 4.90 Å². The molecule has 1 aliphatic heterocycles. The molecule has 0 amide bonds. The minimum atomic E-state index is -0.399. The fourth-order valence-corrected chi connectivity index (χ4v) is 2.23. The van der Waals surface area contributed by atoms with Crippen LogP contribution in [-0.2, 0) is 0 Å². The Morgan fingerprint density at radius 3 is 3.00 bits per heavy atom. The summed E-state index contributed by atoms with van der Waals surface area (Å²) in [6.07, 6.45) is 0.988. The van der Waals surface area contributed by atoms with Crippen molar-refractivity contribution >= 4 is 17.6 Å². The summed E-state index contributed by atoms with van der Waals surface area (Å²) < 4.78 is 13.1. The summed E-state index contributed by atoms with van der Waals surface area (Å²) in [7, 11) is 0. The lowest BCUT2D eigenvalue weighted by atomic mass is 10.1. The first kappa shape index (κ1) is 12.2. The van der Waals surface area contributed by atoms with Crippen LogP contribution < -0.4 is 5.73 Å². The lowest BCUT2D eigenvalue weighted by molar-refractivity contribution is 0.347. The summed E-state index contributed by atoms with van der Waals surface area (Å²) in [5.41, 5.74) is 6.78. The second kappa shape index (κ2) is 4.92. The molecule has 1 atom stereocenters. The van der Waals surface area contributed by atoms with E-state index < -0.39 is 5.82 Å². The molecule has 1 unspecified atom stereocenters. The third kappa shape index (κ3) is 2.36. The average Bonchev–Trinajstić information content (AvgIpc) is 2.66. The van der Waals surface area contributed by atoms with Crippen LogP contribution in [0.25, 0.3) is 0 Å². The number of rotatable bonds is 3.